The van der Waals surface area contributed by atoms with Crippen molar-refractivity contribution >= 4 is 34.5 Å². The van der Waals surface area contributed by atoms with E-state index >= 15 is 0 Å². The number of nitrogens with zero attached hydrogens (tertiary/aromatic N) is 1. The van der Waals surface area contributed by atoms with Crippen LogP contribution in [-0.2, 0) is 11.2 Å². The fourth-order valence-corrected chi connectivity index (χ4v) is 3.18. The van der Waals surface area contributed by atoms with Crippen molar-refractivity contribution in [3.63, 3.8) is 0 Å². The number of carbonyl (C=O) groups is 1. The summed E-state index contributed by atoms with van der Waals surface area (Å²) in [7, 11) is 1.53. The number of amides is 1. The Morgan fingerprint density at radius 2 is 2.20 bits per heavy atom. The summed E-state index contributed by atoms with van der Waals surface area (Å²) in [6.07, 6.45) is 0.117. The molecule has 1 N–H and O–H groups in total. The van der Waals surface area contributed by atoms with E-state index in [0.29, 0.717) is 33.8 Å². The first-order chi connectivity index (χ1) is 12.0. The third-order valence-electron chi connectivity index (χ3n) is 3.71. The number of aryl methyl sites for hydroxylation is 2. The number of halogens is 1. The van der Waals surface area contributed by atoms with Gasteiger partial charge in [-0.3, -0.25) is 4.79 Å². The molecule has 3 aromatic rings. The van der Waals surface area contributed by atoms with Crippen LogP contribution in [-0.4, -0.2) is 18.0 Å². The number of benzene rings is 1. The number of anilines is 1. The van der Waals surface area contributed by atoms with Crippen molar-refractivity contribution in [1.82, 2.24) is 4.98 Å². The molecule has 5 nitrogen and oxygen atoms in total. The van der Waals surface area contributed by atoms with E-state index in [0.717, 1.165) is 10.4 Å². The number of ether oxygens (including phenoxy) is 1. The van der Waals surface area contributed by atoms with E-state index in [9.17, 15) is 4.79 Å². The van der Waals surface area contributed by atoms with Crippen LogP contribution < -0.4 is 10.1 Å². The predicted molar refractivity (Wildman–Crippen MR) is 99.6 cm³/mol. The molecule has 0 saturated heterocycles. The normalized spacial score (nSPS) is 10.7. The summed E-state index contributed by atoms with van der Waals surface area (Å²) in [6.45, 7) is 3.67. The van der Waals surface area contributed by atoms with Gasteiger partial charge in [-0.2, -0.15) is 0 Å². The molecule has 0 saturated carbocycles. The lowest BCUT2D eigenvalue weighted by molar-refractivity contribution is -0.115. The van der Waals surface area contributed by atoms with Gasteiger partial charge in [0.2, 0.25) is 11.8 Å². The van der Waals surface area contributed by atoms with E-state index in [1.54, 1.807) is 30.4 Å². The van der Waals surface area contributed by atoms with Crippen LogP contribution in [0.15, 0.2) is 34.1 Å². The fraction of sp³-hybridized carbons (Fsp3) is 0.222. The molecule has 0 spiro atoms. The SMILES string of the molecule is COc1cc(Cl)c(C)cc1NC(=O)Cc1nc(-c2cccs2)oc1C. The van der Waals surface area contributed by atoms with E-state index in [4.69, 9.17) is 20.8 Å². The average Bonchev–Trinajstić information content (AvgIpc) is 3.21. The van der Waals surface area contributed by atoms with Crippen LogP contribution in [0.3, 0.4) is 0 Å². The van der Waals surface area contributed by atoms with Gasteiger partial charge < -0.3 is 14.5 Å². The fourth-order valence-electron chi connectivity index (χ4n) is 2.37. The molecular formula is C18H17ClN2O3S. The van der Waals surface area contributed by atoms with Gasteiger partial charge in [-0.25, -0.2) is 4.98 Å². The molecule has 0 atom stereocenters. The maximum atomic E-state index is 12.4. The second-order valence-electron chi connectivity index (χ2n) is 5.53. The highest BCUT2D eigenvalue weighted by Gasteiger charge is 2.17. The molecule has 0 unspecified atom stereocenters. The molecule has 3 rings (SSSR count). The highest BCUT2D eigenvalue weighted by atomic mass is 35.5. The van der Waals surface area contributed by atoms with Crippen molar-refractivity contribution in [2.24, 2.45) is 0 Å². The van der Waals surface area contributed by atoms with Crippen LogP contribution in [0, 0.1) is 13.8 Å². The monoisotopic (exact) mass is 376 g/mol. The number of carbonyl (C=O) groups excluding carboxylic acids is 1. The smallest absolute Gasteiger partial charge is 0.236 e. The van der Waals surface area contributed by atoms with Crippen molar-refractivity contribution in [3.05, 3.63) is 51.7 Å². The first-order valence-corrected chi connectivity index (χ1v) is 8.88. The van der Waals surface area contributed by atoms with E-state index in [2.05, 4.69) is 10.3 Å². The molecule has 1 aromatic carbocycles. The molecule has 0 bridgehead atoms. The number of thiophene rings is 1. The number of hydrogen-bond acceptors (Lipinski definition) is 5. The Kier molecular flexibility index (Phi) is 5.11. The van der Waals surface area contributed by atoms with Gasteiger partial charge in [-0.1, -0.05) is 17.7 Å². The minimum atomic E-state index is -0.200. The highest BCUT2D eigenvalue weighted by molar-refractivity contribution is 7.13. The van der Waals surface area contributed by atoms with E-state index in [1.165, 1.54) is 7.11 Å². The van der Waals surface area contributed by atoms with Gasteiger partial charge in [0.15, 0.2) is 0 Å². The van der Waals surface area contributed by atoms with Crippen LogP contribution >= 0.6 is 22.9 Å². The maximum Gasteiger partial charge on any atom is 0.236 e. The summed E-state index contributed by atoms with van der Waals surface area (Å²) >= 11 is 7.63. The predicted octanol–water partition coefficient (Wildman–Crippen LogP) is 4.86. The molecule has 2 heterocycles. The summed E-state index contributed by atoms with van der Waals surface area (Å²) in [5, 5.41) is 5.39. The molecule has 0 radical (unpaired) electrons. The van der Waals surface area contributed by atoms with Crippen molar-refractivity contribution in [2.75, 3.05) is 12.4 Å². The summed E-state index contributed by atoms with van der Waals surface area (Å²) in [4.78, 5) is 17.8. The topological polar surface area (TPSA) is 64.4 Å². The van der Waals surface area contributed by atoms with Crippen LogP contribution in [0.2, 0.25) is 5.02 Å². The minimum Gasteiger partial charge on any atom is -0.495 e. The number of nitrogens with one attached hydrogen (secondary N) is 1. The highest BCUT2D eigenvalue weighted by Crippen LogP contribution is 2.31. The molecule has 1 amide bonds. The summed E-state index contributed by atoms with van der Waals surface area (Å²) in [6, 6.07) is 7.33. The number of oxazole rings is 1. The Bertz CT molecular complexity index is 903. The summed E-state index contributed by atoms with van der Waals surface area (Å²) in [5.41, 5.74) is 2.05. The van der Waals surface area contributed by atoms with Crippen LogP contribution in [0.25, 0.3) is 10.8 Å². The number of hydrogen-bond donors (Lipinski definition) is 1. The van der Waals surface area contributed by atoms with Crippen molar-refractivity contribution in [3.8, 4) is 16.5 Å². The van der Waals surface area contributed by atoms with Crippen molar-refractivity contribution in [2.45, 2.75) is 20.3 Å². The Morgan fingerprint density at radius 3 is 2.88 bits per heavy atom. The number of methoxy groups -OCH3 is 1. The van der Waals surface area contributed by atoms with Crippen molar-refractivity contribution < 1.29 is 13.9 Å². The lowest BCUT2D eigenvalue weighted by atomic mass is 10.2. The second kappa shape index (κ2) is 7.29. The van der Waals surface area contributed by atoms with Crippen molar-refractivity contribution in [1.29, 1.82) is 0 Å². The molecule has 25 heavy (non-hydrogen) atoms. The lowest BCUT2D eigenvalue weighted by Gasteiger charge is -2.12. The molecular weight excluding hydrogens is 360 g/mol. The molecule has 0 aliphatic rings. The lowest BCUT2D eigenvalue weighted by Crippen LogP contribution is -2.16. The number of aromatic nitrogens is 1. The Balaban J connectivity index is 1.76. The average molecular weight is 377 g/mol. The first kappa shape index (κ1) is 17.5. The molecule has 7 heteroatoms. The minimum absolute atomic E-state index is 0.117. The largest absolute Gasteiger partial charge is 0.495 e. The van der Waals surface area contributed by atoms with E-state index in [-0.39, 0.29) is 12.3 Å². The van der Waals surface area contributed by atoms with Gasteiger partial charge in [0.1, 0.15) is 11.5 Å². The Hall–Kier alpha value is -2.31. The molecule has 2 aromatic heterocycles. The zero-order valence-corrected chi connectivity index (χ0v) is 15.6. The van der Waals surface area contributed by atoms with Gasteiger partial charge in [0.25, 0.3) is 0 Å². The zero-order valence-electron chi connectivity index (χ0n) is 14.1. The van der Waals surface area contributed by atoms with Gasteiger partial charge >= 0.3 is 0 Å². The quantitative estimate of drug-likeness (QED) is 0.690. The van der Waals surface area contributed by atoms with Crippen LogP contribution in [0.1, 0.15) is 17.0 Å². The molecule has 0 aliphatic carbocycles. The molecule has 0 aliphatic heterocycles. The van der Waals surface area contributed by atoms with Gasteiger partial charge in [-0.05, 0) is 36.9 Å². The number of rotatable bonds is 5. The zero-order chi connectivity index (χ0) is 18.0. The summed E-state index contributed by atoms with van der Waals surface area (Å²) < 4.78 is 10.9. The third-order valence-corrected chi connectivity index (χ3v) is 4.97. The van der Waals surface area contributed by atoms with Crippen LogP contribution in [0.4, 0.5) is 5.69 Å². The van der Waals surface area contributed by atoms with E-state index < -0.39 is 0 Å². The second-order valence-corrected chi connectivity index (χ2v) is 6.88. The van der Waals surface area contributed by atoms with Crippen LogP contribution in [0.5, 0.6) is 5.75 Å². The Labute approximate surface area is 154 Å². The standard InChI is InChI=1S/C18H17ClN2O3S/c1-10-7-14(15(23-3)8-12(10)19)20-17(22)9-13-11(2)24-18(21-13)16-5-4-6-25-16/h4-8H,9H2,1-3H3,(H,20,22). The van der Waals surface area contributed by atoms with Gasteiger partial charge in [0, 0.05) is 11.1 Å². The molecule has 130 valence electrons. The maximum absolute atomic E-state index is 12.4. The molecule has 0 fully saturated rings. The third kappa shape index (κ3) is 3.86. The van der Waals surface area contributed by atoms with Gasteiger partial charge in [-0.15, -0.1) is 11.3 Å². The Morgan fingerprint density at radius 1 is 1.40 bits per heavy atom. The first-order valence-electron chi connectivity index (χ1n) is 7.62. The van der Waals surface area contributed by atoms with Gasteiger partial charge in [0.05, 0.1) is 29.8 Å². The van der Waals surface area contributed by atoms with E-state index in [1.807, 2.05) is 24.4 Å². The summed E-state index contributed by atoms with van der Waals surface area (Å²) in [5.74, 6) is 1.49.